The van der Waals surface area contributed by atoms with E-state index in [1.807, 2.05) is 19.9 Å². The summed E-state index contributed by atoms with van der Waals surface area (Å²) < 4.78 is 3.40. The maximum absolute atomic E-state index is 4.58. The fourth-order valence-electron chi connectivity index (χ4n) is 3.28. The monoisotopic (exact) mass is 358 g/mol. The Morgan fingerprint density at radius 1 is 0.920 bits per heavy atom. The van der Waals surface area contributed by atoms with Gasteiger partial charge in [-0.15, -0.1) is 25.5 Å². The Morgan fingerprint density at radius 3 is 2.36 bits per heavy atom. The lowest BCUT2D eigenvalue weighted by Crippen LogP contribution is -2.12. The lowest BCUT2D eigenvalue weighted by Gasteiger charge is -2.17. The molecule has 1 aliphatic carbocycles. The van der Waals surface area contributed by atoms with Crippen molar-refractivity contribution in [2.45, 2.75) is 69.2 Å². The van der Waals surface area contributed by atoms with E-state index < -0.39 is 0 Å². The van der Waals surface area contributed by atoms with Crippen molar-refractivity contribution in [3.05, 3.63) is 17.5 Å². The molecular formula is C16H22N8S. The molecule has 8 nitrogen and oxygen atoms in total. The van der Waals surface area contributed by atoms with Gasteiger partial charge in [0.25, 0.3) is 11.7 Å². The van der Waals surface area contributed by atoms with Gasteiger partial charge in [-0.25, -0.2) is 4.68 Å². The number of rotatable bonds is 3. The van der Waals surface area contributed by atoms with Gasteiger partial charge in [0.2, 0.25) is 5.16 Å². The van der Waals surface area contributed by atoms with Crippen LogP contribution in [0.1, 0.15) is 56.3 Å². The average Bonchev–Trinajstić information content (AvgIpc) is 3.12. The Bertz CT molecular complexity index is 862. The van der Waals surface area contributed by atoms with Crippen LogP contribution in [0.2, 0.25) is 0 Å². The number of aryl methyl sites for hydroxylation is 2. The summed E-state index contributed by atoms with van der Waals surface area (Å²) in [7, 11) is 0. The Morgan fingerprint density at radius 2 is 1.64 bits per heavy atom. The maximum Gasteiger partial charge on any atom is 0.291 e. The van der Waals surface area contributed by atoms with Crippen molar-refractivity contribution in [1.29, 1.82) is 0 Å². The van der Waals surface area contributed by atoms with Crippen LogP contribution < -0.4 is 0 Å². The quantitative estimate of drug-likeness (QED) is 0.711. The highest BCUT2D eigenvalue weighted by Crippen LogP contribution is 2.31. The van der Waals surface area contributed by atoms with Gasteiger partial charge in [-0.3, -0.25) is 0 Å². The van der Waals surface area contributed by atoms with Gasteiger partial charge in [-0.05, 0) is 32.8 Å². The lowest BCUT2D eigenvalue weighted by atomic mass is 10.0. The van der Waals surface area contributed by atoms with E-state index in [4.69, 9.17) is 0 Å². The summed E-state index contributed by atoms with van der Waals surface area (Å²) in [4.78, 5) is 0. The molecule has 3 aromatic rings. The molecular weight excluding hydrogens is 336 g/mol. The van der Waals surface area contributed by atoms with Crippen molar-refractivity contribution >= 4 is 17.5 Å². The molecule has 0 radical (unpaired) electrons. The van der Waals surface area contributed by atoms with E-state index in [9.17, 15) is 0 Å². The van der Waals surface area contributed by atoms with E-state index in [0.717, 1.165) is 16.5 Å². The molecule has 0 aromatic carbocycles. The Labute approximate surface area is 150 Å². The van der Waals surface area contributed by atoms with E-state index in [1.54, 1.807) is 21.0 Å². The molecule has 4 rings (SSSR count). The highest BCUT2D eigenvalue weighted by Gasteiger charge is 2.19. The smallest absolute Gasteiger partial charge is 0.200 e. The highest BCUT2D eigenvalue weighted by atomic mass is 32.2. The third-order valence-corrected chi connectivity index (χ3v) is 5.81. The minimum atomic E-state index is 0.429. The van der Waals surface area contributed by atoms with E-state index in [1.165, 1.54) is 44.9 Å². The first kappa shape index (κ1) is 16.4. The number of hydrogen-bond acceptors (Lipinski definition) is 7. The molecule has 3 aromatic heterocycles. The zero-order valence-corrected chi connectivity index (χ0v) is 15.4. The molecule has 1 fully saturated rings. The Balaban J connectivity index is 1.63. The van der Waals surface area contributed by atoms with E-state index in [2.05, 4.69) is 30.6 Å². The highest BCUT2D eigenvalue weighted by molar-refractivity contribution is 7.99. The Kier molecular flexibility index (Phi) is 4.65. The van der Waals surface area contributed by atoms with Gasteiger partial charge in [0.15, 0.2) is 0 Å². The van der Waals surface area contributed by atoms with Gasteiger partial charge in [0.05, 0.1) is 5.69 Å². The number of hydrogen-bond donors (Lipinski definition) is 0. The van der Waals surface area contributed by atoms with Crippen LogP contribution in [0.25, 0.3) is 11.7 Å². The van der Waals surface area contributed by atoms with Crippen molar-refractivity contribution in [3.63, 3.8) is 0 Å². The third kappa shape index (κ3) is 3.51. The van der Waals surface area contributed by atoms with Crippen molar-refractivity contribution in [1.82, 2.24) is 39.8 Å². The van der Waals surface area contributed by atoms with Crippen molar-refractivity contribution in [2.24, 2.45) is 0 Å². The number of fused-ring (bicyclic) bond motifs is 1. The van der Waals surface area contributed by atoms with Crippen LogP contribution in [0.5, 0.6) is 0 Å². The molecule has 132 valence electrons. The molecule has 0 aliphatic heterocycles. The van der Waals surface area contributed by atoms with Gasteiger partial charge in [-0.2, -0.15) is 9.61 Å². The van der Waals surface area contributed by atoms with Crippen LogP contribution in [-0.4, -0.2) is 45.0 Å². The molecule has 1 aliphatic rings. The molecule has 0 amide bonds. The minimum Gasteiger partial charge on any atom is -0.200 e. The molecule has 3 heterocycles. The number of thioether (sulfide) groups is 1. The van der Waals surface area contributed by atoms with Gasteiger partial charge in [-0.1, -0.05) is 43.9 Å². The summed E-state index contributed by atoms with van der Waals surface area (Å²) in [5, 5.41) is 27.1. The first-order chi connectivity index (χ1) is 12.2. The van der Waals surface area contributed by atoms with Crippen LogP contribution in [0, 0.1) is 13.8 Å². The van der Waals surface area contributed by atoms with Crippen LogP contribution in [0.4, 0.5) is 0 Å². The SMILES string of the molecule is Cc1cc(C)n(-c2nnc3nnc(SC4CCCCCCC4)n3n2)n1. The summed E-state index contributed by atoms with van der Waals surface area (Å²) in [5.41, 5.74) is 1.90. The summed E-state index contributed by atoms with van der Waals surface area (Å²) in [6, 6.07) is 1.99. The fraction of sp³-hybridized carbons (Fsp3) is 0.625. The molecule has 0 atom stereocenters. The molecule has 1 saturated carbocycles. The molecule has 0 unspecified atom stereocenters. The van der Waals surface area contributed by atoms with E-state index in [-0.39, 0.29) is 0 Å². The van der Waals surface area contributed by atoms with Crippen molar-refractivity contribution < 1.29 is 0 Å². The summed E-state index contributed by atoms with van der Waals surface area (Å²) >= 11 is 1.77. The predicted octanol–water partition coefficient (Wildman–Crippen LogP) is 2.92. The van der Waals surface area contributed by atoms with Crippen LogP contribution in [0.3, 0.4) is 0 Å². The molecule has 0 saturated heterocycles. The fourth-order valence-corrected chi connectivity index (χ4v) is 4.46. The maximum atomic E-state index is 4.58. The van der Waals surface area contributed by atoms with Gasteiger partial charge in [0.1, 0.15) is 0 Å². The third-order valence-electron chi connectivity index (χ3n) is 4.54. The second-order valence-electron chi connectivity index (χ2n) is 6.62. The normalized spacial score (nSPS) is 16.9. The number of nitrogens with zero attached hydrogens (tertiary/aromatic N) is 8. The topological polar surface area (TPSA) is 86.7 Å². The second-order valence-corrected chi connectivity index (χ2v) is 7.89. The van der Waals surface area contributed by atoms with E-state index >= 15 is 0 Å². The van der Waals surface area contributed by atoms with Gasteiger partial charge in [0, 0.05) is 10.9 Å². The first-order valence-corrected chi connectivity index (χ1v) is 9.75. The van der Waals surface area contributed by atoms with Crippen LogP contribution in [0.15, 0.2) is 11.2 Å². The Hall–Kier alpha value is -2.03. The number of aromatic nitrogens is 8. The zero-order chi connectivity index (χ0) is 17.2. The summed E-state index contributed by atoms with van der Waals surface area (Å²) in [6.07, 6.45) is 9.07. The van der Waals surface area contributed by atoms with Crippen LogP contribution in [-0.2, 0) is 0 Å². The molecule has 0 spiro atoms. The standard InChI is InChI=1S/C16H22N8S/c1-11-10-12(2)23(21-11)15-19-17-14-18-20-16(24(14)22-15)25-13-8-6-4-3-5-7-9-13/h10,13H,3-9H2,1-2H3. The average molecular weight is 358 g/mol. The molecule has 9 heteroatoms. The zero-order valence-electron chi connectivity index (χ0n) is 14.6. The molecule has 25 heavy (non-hydrogen) atoms. The van der Waals surface area contributed by atoms with Crippen LogP contribution >= 0.6 is 11.8 Å². The van der Waals surface area contributed by atoms with Crippen molar-refractivity contribution in [3.8, 4) is 5.95 Å². The van der Waals surface area contributed by atoms with E-state index in [0.29, 0.717) is 17.0 Å². The molecule has 0 bridgehead atoms. The minimum absolute atomic E-state index is 0.429. The largest absolute Gasteiger partial charge is 0.291 e. The van der Waals surface area contributed by atoms with Crippen molar-refractivity contribution in [2.75, 3.05) is 0 Å². The lowest BCUT2D eigenvalue weighted by molar-refractivity contribution is 0.512. The first-order valence-electron chi connectivity index (χ1n) is 8.87. The second kappa shape index (κ2) is 7.07. The summed E-state index contributed by atoms with van der Waals surface area (Å²) in [6.45, 7) is 3.92. The van der Waals surface area contributed by atoms with Gasteiger partial charge < -0.3 is 0 Å². The van der Waals surface area contributed by atoms with Gasteiger partial charge >= 0.3 is 0 Å². The molecule has 0 N–H and O–H groups in total. The summed E-state index contributed by atoms with van der Waals surface area (Å²) in [5.74, 6) is 0.871. The predicted molar refractivity (Wildman–Crippen MR) is 94.9 cm³/mol.